The van der Waals surface area contributed by atoms with E-state index in [1.807, 2.05) is 18.4 Å². The quantitative estimate of drug-likeness (QED) is 0.560. The first kappa shape index (κ1) is 15.6. The van der Waals surface area contributed by atoms with Crippen molar-refractivity contribution in [3.8, 4) is 0 Å². The molecule has 1 aromatic heterocycles. The van der Waals surface area contributed by atoms with Crippen molar-refractivity contribution < 1.29 is 14.6 Å². The number of anilines is 1. The first-order valence-electron chi connectivity index (χ1n) is 6.81. The van der Waals surface area contributed by atoms with Gasteiger partial charge in [-0.25, -0.2) is 4.79 Å². The predicted octanol–water partition coefficient (Wildman–Crippen LogP) is 2.36. The van der Waals surface area contributed by atoms with Crippen LogP contribution in [0.15, 0.2) is 12.3 Å². The van der Waals surface area contributed by atoms with Gasteiger partial charge in [0.25, 0.3) is 0 Å². The van der Waals surface area contributed by atoms with E-state index in [0.717, 1.165) is 25.7 Å². The van der Waals surface area contributed by atoms with Crippen LogP contribution in [-0.4, -0.2) is 28.9 Å². The molecule has 0 aromatic carbocycles. The Hall–Kier alpha value is -1.49. The van der Waals surface area contributed by atoms with Gasteiger partial charge in [-0.3, -0.25) is 0 Å². The summed E-state index contributed by atoms with van der Waals surface area (Å²) in [6.07, 6.45) is 5.30. The van der Waals surface area contributed by atoms with Crippen LogP contribution in [0, 0.1) is 0 Å². The topological polar surface area (TPSA) is 77.5 Å². The summed E-state index contributed by atoms with van der Waals surface area (Å²) in [5, 5.41) is 8.64. The Balaban J connectivity index is 2.41. The van der Waals surface area contributed by atoms with Crippen molar-refractivity contribution in [2.45, 2.75) is 45.6 Å². The van der Waals surface area contributed by atoms with Crippen molar-refractivity contribution in [3.63, 3.8) is 0 Å². The number of unbranched alkanes of at least 4 members (excludes halogenated alkanes) is 3. The zero-order chi connectivity index (χ0) is 14.3. The van der Waals surface area contributed by atoms with Gasteiger partial charge in [0.1, 0.15) is 5.69 Å². The van der Waals surface area contributed by atoms with Gasteiger partial charge < -0.3 is 20.1 Å². The minimum atomic E-state index is -0.326. The molecule has 0 amide bonds. The van der Waals surface area contributed by atoms with E-state index in [9.17, 15) is 4.79 Å². The number of carbonyl (C=O) groups excluding carboxylic acids is 1. The summed E-state index contributed by atoms with van der Waals surface area (Å²) in [6, 6.07) is 1.82. The van der Waals surface area contributed by atoms with Gasteiger partial charge in [0, 0.05) is 18.8 Å². The summed E-state index contributed by atoms with van der Waals surface area (Å²) in [4.78, 5) is 11.9. The van der Waals surface area contributed by atoms with Crippen LogP contribution in [-0.2, 0) is 4.74 Å². The second kappa shape index (κ2) is 7.84. The molecule has 0 unspecified atom stereocenters. The van der Waals surface area contributed by atoms with Crippen LogP contribution in [0.5, 0.6) is 0 Å². The van der Waals surface area contributed by atoms with E-state index in [4.69, 9.17) is 15.6 Å². The Morgan fingerprint density at radius 3 is 2.68 bits per heavy atom. The molecule has 1 heterocycles. The second-order valence-corrected chi connectivity index (χ2v) is 4.93. The maximum absolute atomic E-state index is 11.9. The molecule has 0 atom stereocenters. The third-order valence-corrected chi connectivity index (χ3v) is 2.92. The number of aromatic nitrogens is 1. The van der Waals surface area contributed by atoms with Crippen molar-refractivity contribution >= 4 is 11.7 Å². The number of hydrogen-bond acceptors (Lipinski definition) is 4. The molecule has 0 aliphatic carbocycles. The van der Waals surface area contributed by atoms with Crippen LogP contribution >= 0.6 is 0 Å². The Bertz CT molecular complexity index is 399. The first-order chi connectivity index (χ1) is 9.06. The zero-order valence-corrected chi connectivity index (χ0v) is 11.8. The summed E-state index contributed by atoms with van der Waals surface area (Å²) in [5.41, 5.74) is 6.79. The third kappa shape index (κ3) is 4.95. The molecule has 5 heteroatoms. The fraction of sp³-hybridized carbons (Fsp3) is 0.643. The number of nitrogen functional groups attached to an aromatic ring is 1. The molecular formula is C14H24N2O3. The first-order valence-corrected chi connectivity index (χ1v) is 6.81. The standard InChI is InChI=1S/C14H24N2O3/c1-11(2)16-10-12(15)9-13(16)14(18)19-8-6-4-3-5-7-17/h9-11,17H,3-8,15H2,1-2H3. The smallest absolute Gasteiger partial charge is 0.355 e. The molecule has 1 aromatic rings. The Kier molecular flexibility index (Phi) is 6.42. The molecule has 0 bridgehead atoms. The number of ether oxygens (including phenoxy) is 1. The number of esters is 1. The van der Waals surface area contributed by atoms with Gasteiger partial charge in [-0.1, -0.05) is 6.42 Å². The van der Waals surface area contributed by atoms with E-state index in [0.29, 0.717) is 18.0 Å². The molecule has 0 radical (unpaired) electrons. The van der Waals surface area contributed by atoms with Gasteiger partial charge in [-0.15, -0.1) is 0 Å². The number of carbonyl (C=O) groups is 1. The summed E-state index contributed by atoms with van der Waals surface area (Å²) >= 11 is 0. The highest BCUT2D eigenvalue weighted by Gasteiger charge is 2.15. The number of aliphatic hydroxyl groups excluding tert-OH is 1. The van der Waals surface area contributed by atoms with Crippen LogP contribution in [0.2, 0.25) is 0 Å². The fourth-order valence-corrected chi connectivity index (χ4v) is 1.90. The maximum Gasteiger partial charge on any atom is 0.355 e. The number of aliphatic hydroxyl groups is 1. The SMILES string of the molecule is CC(C)n1cc(N)cc1C(=O)OCCCCCCO. The molecule has 0 aliphatic heterocycles. The minimum Gasteiger partial charge on any atom is -0.461 e. The lowest BCUT2D eigenvalue weighted by atomic mass is 10.2. The third-order valence-electron chi connectivity index (χ3n) is 2.92. The van der Waals surface area contributed by atoms with E-state index in [1.54, 1.807) is 12.3 Å². The van der Waals surface area contributed by atoms with Gasteiger partial charge in [-0.2, -0.15) is 0 Å². The molecule has 0 saturated carbocycles. The van der Waals surface area contributed by atoms with Crippen LogP contribution in [0.25, 0.3) is 0 Å². The van der Waals surface area contributed by atoms with Crippen molar-refractivity contribution in [2.24, 2.45) is 0 Å². The van der Waals surface area contributed by atoms with Crippen LogP contribution in [0.4, 0.5) is 5.69 Å². The van der Waals surface area contributed by atoms with Gasteiger partial charge in [0.15, 0.2) is 0 Å². The normalized spacial score (nSPS) is 10.9. The molecule has 1 rings (SSSR count). The van der Waals surface area contributed by atoms with Gasteiger partial charge in [-0.05, 0) is 39.2 Å². The van der Waals surface area contributed by atoms with E-state index < -0.39 is 0 Å². The molecule has 0 spiro atoms. The number of hydrogen-bond donors (Lipinski definition) is 2. The van der Waals surface area contributed by atoms with E-state index in [1.165, 1.54) is 0 Å². The van der Waals surface area contributed by atoms with E-state index >= 15 is 0 Å². The van der Waals surface area contributed by atoms with Crippen LogP contribution < -0.4 is 5.73 Å². The Morgan fingerprint density at radius 2 is 2.05 bits per heavy atom. The van der Waals surface area contributed by atoms with Crippen molar-refractivity contribution in [3.05, 3.63) is 18.0 Å². The molecule has 0 fully saturated rings. The molecule has 0 saturated heterocycles. The van der Waals surface area contributed by atoms with Gasteiger partial charge in [0.05, 0.1) is 12.3 Å². The summed E-state index contributed by atoms with van der Waals surface area (Å²) in [6.45, 7) is 4.62. The van der Waals surface area contributed by atoms with Gasteiger partial charge >= 0.3 is 5.97 Å². The molecule has 3 N–H and O–H groups in total. The lowest BCUT2D eigenvalue weighted by Crippen LogP contribution is -2.13. The van der Waals surface area contributed by atoms with Crippen LogP contribution in [0.3, 0.4) is 0 Å². The highest BCUT2D eigenvalue weighted by atomic mass is 16.5. The Labute approximate surface area is 114 Å². The molecule has 0 aliphatic rings. The summed E-state index contributed by atoms with van der Waals surface area (Å²) in [7, 11) is 0. The summed E-state index contributed by atoms with van der Waals surface area (Å²) < 4.78 is 7.06. The fourth-order valence-electron chi connectivity index (χ4n) is 1.90. The number of rotatable bonds is 8. The molecule has 108 valence electrons. The zero-order valence-electron chi connectivity index (χ0n) is 11.8. The van der Waals surface area contributed by atoms with Crippen molar-refractivity contribution in [1.29, 1.82) is 0 Å². The maximum atomic E-state index is 11.9. The predicted molar refractivity (Wildman–Crippen MR) is 75.1 cm³/mol. The molecule has 19 heavy (non-hydrogen) atoms. The second-order valence-electron chi connectivity index (χ2n) is 4.93. The largest absolute Gasteiger partial charge is 0.461 e. The van der Waals surface area contributed by atoms with Crippen molar-refractivity contribution in [1.82, 2.24) is 4.57 Å². The minimum absolute atomic E-state index is 0.171. The lowest BCUT2D eigenvalue weighted by Gasteiger charge is -2.12. The number of nitrogens with zero attached hydrogens (tertiary/aromatic N) is 1. The average Bonchev–Trinajstić information content (AvgIpc) is 2.76. The highest BCUT2D eigenvalue weighted by molar-refractivity contribution is 5.89. The monoisotopic (exact) mass is 268 g/mol. The highest BCUT2D eigenvalue weighted by Crippen LogP contribution is 2.17. The summed E-state index contributed by atoms with van der Waals surface area (Å²) in [5.74, 6) is -0.326. The number of nitrogens with two attached hydrogens (primary N) is 1. The van der Waals surface area contributed by atoms with Gasteiger partial charge in [0.2, 0.25) is 0 Å². The lowest BCUT2D eigenvalue weighted by molar-refractivity contribution is 0.0483. The van der Waals surface area contributed by atoms with E-state index in [-0.39, 0.29) is 18.6 Å². The van der Waals surface area contributed by atoms with E-state index in [2.05, 4.69) is 0 Å². The Morgan fingerprint density at radius 1 is 1.37 bits per heavy atom. The molecular weight excluding hydrogens is 244 g/mol. The molecule has 5 nitrogen and oxygen atoms in total. The van der Waals surface area contributed by atoms with Crippen LogP contribution in [0.1, 0.15) is 56.1 Å². The van der Waals surface area contributed by atoms with Crippen molar-refractivity contribution in [2.75, 3.05) is 18.9 Å². The average molecular weight is 268 g/mol.